The van der Waals surface area contributed by atoms with Gasteiger partial charge in [-0.05, 0) is 51.0 Å². The van der Waals surface area contributed by atoms with E-state index in [0.29, 0.717) is 48.0 Å². The molecule has 1 aromatic heterocycles. The fraction of sp³-hybridized carbons (Fsp3) is 0.722. The number of aromatic nitrogens is 2. The van der Waals surface area contributed by atoms with Crippen molar-refractivity contribution in [1.82, 2.24) is 10.4 Å². The lowest BCUT2D eigenvalue weighted by atomic mass is 9.91. The van der Waals surface area contributed by atoms with Gasteiger partial charge in [0.1, 0.15) is 11.6 Å². The third-order valence-electron chi connectivity index (χ3n) is 8.41. The fourth-order valence-electron chi connectivity index (χ4n) is 5.88. The molecule has 1 N–H and O–H groups in total. The number of allylic oxidation sites excluding steroid dienone is 2. The van der Waals surface area contributed by atoms with E-state index in [1.54, 1.807) is 6.07 Å². The molecule has 10 heteroatoms. The van der Waals surface area contributed by atoms with E-state index in [1.165, 1.54) is 70.3 Å². The van der Waals surface area contributed by atoms with Gasteiger partial charge < -0.3 is 14.3 Å². The number of benzene rings is 1. The van der Waals surface area contributed by atoms with Crippen LogP contribution in [-0.2, 0) is 9.59 Å². The van der Waals surface area contributed by atoms with Crippen molar-refractivity contribution in [2.24, 2.45) is 5.92 Å². The van der Waals surface area contributed by atoms with Crippen LogP contribution >= 0.6 is 0 Å². The molecule has 2 rings (SSSR count). The maximum absolute atomic E-state index is 13.2. The van der Waals surface area contributed by atoms with Crippen LogP contribution < -0.4 is 5.32 Å². The van der Waals surface area contributed by atoms with E-state index in [4.69, 9.17) is 4.52 Å². The summed E-state index contributed by atoms with van der Waals surface area (Å²) < 4.78 is 5.62. The number of nitro benzene ring substituents is 1. The van der Waals surface area contributed by atoms with Crippen molar-refractivity contribution in [2.45, 2.75) is 129 Å². The Kier molecular flexibility index (Phi) is 19.0. The molecule has 1 unspecified atom stereocenters. The average Bonchev–Trinajstić information content (AvgIpc) is 3.50. The maximum atomic E-state index is 13.2. The highest BCUT2D eigenvalue weighted by Gasteiger charge is 2.27. The van der Waals surface area contributed by atoms with Gasteiger partial charge in [0.2, 0.25) is 0 Å². The van der Waals surface area contributed by atoms with Crippen LogP contribution in [0.1, 0.15) is 129 Å². The Morgan fingerprint density at radius 3 is 2.15 bits per heavy atom. The zero-order valence-corrected chi connectivity index (χ0v) is 29.1. The van der Waals surface area contributed by atoms with Crippen LogP contribution in [0.5, 0.6) is 0 Å². The van der Waals surface area contributed by atoms with Crippen LogP contribution in [0.2, 0.25) is 0 Å². The molecular formula is C36H60N5O5+. The third-order valence-corrected chi connectivity index (χ3v) is 8.41. The maximum Gasteiger partial charge on any atom is 0.316 e. The van der Waals surface area contributed by atoms with Crippen molar-refractivity contribution >= 4 is 34.0 Å². The van der Waals surface area contributed by atoms with E-state index in [0.717, 1.165) is 38.5 Å². The number of Topliss-reactive ketones (excluding diaryl/α,β-unsaturated/α-hetero) is 2. The molecule has 0 spiro atoms. The number of unbranched alkanes of at least 4 members (excludes halogenated alkanes) is 13. The number of hydrogen-bond acceptors (Lipinski definition) is 8. The molecule has 258 valence electrons. The highest BCUT2D eigenvalue weighted by Crippen LogP contribution is 2.29. The first-order chi connectivity index (χ1) is 22.1. The minimum absolute atomic E-state index is 0.0516. The number of non-ortho nitro benzene ring substituents is 1. The first-order valence-electron chi connectivity index (χ1n) is 17.8. The van der Waals surface area contributed by atoms with E-state index in [9.17, 15) is 19.7 Å². The molecule has 0 saturated carbocycles. The predicted octanol–water partition coefficient (Wildman–Crippen LogP) is 8.99. The van der Waals surface area contributed by atoms with E-state index in [-0.39, 0.29) is 28.8 Å². The lowest BCUT2D eigenvalue weighted by Crippen LogP contribution is -2.42. The molecule has 0 aliphatic carbocycles. The number of nitrogens with one attached hydrogen (secondary N) is 1. The Labute approximate surface area is 276 Å². The molecule has 0 saturated heterocycles. The number of anilines is 1. The van der Waals surface area contributed by atoms with Gasteiger partial charge in [-0.25, -0.2) is 0 Å². The zero-order chi connectivity index (χ0) is 33.6. The Morgan fingerprint density at radius 1 is 0.891 bits per heavy atom. The van der Waals surface area contributed by atoms with E-state index < -0.39 is 4.92 Å². The van der Waals surface area contributed by atoms with Crippen LogP contribution in [0.25, 0.3) is 11.1 Å². The molecule has 0 aliphatic rings. The van der Waals surface area contributed by atoms with Gasteiger partial charge in [0.25, 0.3) is 5.58 Å². The van der Waals surface area contributed by atoms with Crippen molar-refractivity contribution in [2.75, 3.05) is 39.5 Å². The summed E-state index contributed by atoms with van der Waals surface area (Å²) in [5.74, 6) is 0.164. The van der Waals surface area contributed by atoms with Crippen molar-refractivity contribution in [3.63, 3.8) is 0 Å². The van der Waals surface area contributed by atoms with Crippen molar-refractivity contribution in [3.05, 3.63) is 34.4 Å². The van der Waals surface area contributed by atoms with Crippen molar-refractivity contribution in [3.8, 4) is 0 Å². The summed E-state index contributed by atoms with van der Waals surface area (Å²) in [6.07, 6.45) is 24.6. The first-order valence-corrected chi connectivity index (χ1v) is 17.8. The number of hydrogen-bond donors (Lipinski definition) is 1. The fourth-order valence-corrected chi connectivity index (χ4v) is 5.88. The lowest BCUT2D eigenvalue weighted by Gasteiger charge is -2.28. The van der Waals surface area contributed by atoms with Crippen LogP contribution in [0.4, 0.5) is 11.4 Å². The summed E-state index contributed by atoms with van der Waals surface area (Å²) in [5.41, 5.74) is 0.846. The monoisotopic (exact) mass is 642 g/mol. The minimum Gasteiger partial charge on any atom is -0.383 e. The summed E-state index contributed by atoms with van der Waals surface area (Å²) in [5, 5.41) is 21.7. The molecule has 0 fully saturated rings. The molecule has 1 aromatic carbocycles. The molecule has 1 heterocycles. The number of quaternary nitrogens is 1. The van der Waals surface area contributed by atoms with Crippen LogP contribution in [0.3, 0.4) is 0 Å². The number of nitro groups is 1. The lowest BCUT2D eigenvalue weighted by molar-refractivity contribution is -0.872. The largest absolute Gasteiger partial charge is 0.383 e. The Hall–Kier alpha value is -3.14. The van der Waals surface area contributed by atoms with Crippen molar-refractivity contribution < 1.29 is 23.5 Å². The summed E-state index contributed by atoms with van der Waals surface area (Å²) in [6.45, 7) is 3.55. The summed E-state index contributed by atoms with van der Waals surface area (Å²) in [7, 11) is 6.21. The van der Waals surface area contributed by atoms with E-state index >= 15 is 0 Å². The molecule has 1 atom stereocenters. The zero-order valence-electron chi connectivity index (χ0n) is 29.1. The second kappa shape index (κ2) is 22.4. The molecule has 0 aliphatic heterocycles. The second-order valence-corrected chi connectivity index (χ2v) is 13.8. The normalized spacial score (nSPS) is 12.6. The Morgan fingerprint density at radius 2 is 1.50 bits per heavy atom. The number of nitrogens with zero attached hydrogens (tertiary/aromatic N) is 4. The Balaban J connectivity index is 1.59. The summed E-state index contributed by atoms with van der Waals surface area (Å²) >= 11 is 0. The standard InChI is InChI=1S/C36H60N5O5/c1-5-6-7-8-9-10-11-12-13-14-15-16-17-18-20-23-31(42)28-30(29-41(2,3)4)34(43)24-21-19-22-27-37-32-25-26-33(40(44)45)36-35(32)38-39-46-36/h12-13,25-26,30,37H,5-11,14-24,27-29H2,1-4H3/q+1/b13-12-. The molecule has 10 nitrogen and oxygen atoms in total. The second-order valence-electron chi connectivity index (χ2n) is 13.8. The number of ketones is 2. The molecule has 2 aromatic rings. The highest BCUT2D eigenvalue weighted by molar-refractivity contribution is 5.92. The Bertz CT molecular complexity index is 1200. The number of carbonyl (C=O) groups excluding carboxylic acids is 2. The first kappa shape index (κ1) is 39.0. The van der Waals surface area contributed by atoms with Gasteiger partial charge in [0.15, 0.2) is 5.52 Å². The quantitative estimate of drug-likeness (QED) is 0.0320. The highest BCUT2D eigenvalue weighted by atomic mass is 16.6. The van der Waals surface area contributed by atoms with Gasteiger partial charge in [0.05, 0.1) is 44.2 Å². The van der Waals surface area contributed by atoms with Crippen LogP contribution in [0.15, 0.2) is 28.8 Å². The minimum atomic E-state index is -0.519. The van der Waals surface area contributed by atoms with E-state index in [1.807, 2.05) is 0 Å². The van der Waals surface area contributed by atoms with Crippen LogP contribution in [0, 0.1) is 16.0 Å². The van der Waals surface area contributed by atoms with Crippen LogP contribution in [-0.4, -0.2) is 65.6 Å². The van der Waals surface area contributed by atoms with Crippen molar-refractivity contribution in [1.29, 1.82) is 0 Å². The van der Waals surface area contributed by atoms with Gasteiger partial charge in [-0.2, -0.15) is 0 Å². The summed E-state index contributed by atoms with van der Waals surface area (Å²) in [6, 6.07) is 2.99. The van der Waals surface area contributed by atoms with Gasteiger partial charge in [-0.1, -0.05) is 76.9 Å². The SMILES string of the molecule is CCCCCCCC/C=C\CCCCCCCC(=O)CC(C[N+](C)(C)C)C(=O)CCCCCNc1ccc([N+](=O)[O-])c2onnc12. The number of carbonyl (C=O) groups is 2. The predicted molar refractivity (Wildman–Crippen MR) is 186 cm³/mol. The molecular weight excluding hydrogens is 582 g/mol. The smallest absolute Gasteiger partial charge is 0.316 e. The number of fused-ring (bicyclic) bond motifs is 1. The average molecular weight is 643 g/mol. The van der Waals surface area contributed by atoms with Gasteiger partial charge >= 0.3 is 5.69 Å². The van der Waals surface area contributed by atoms with E-state index in [2.05, 4.69) is 55.9 Å². The third kappa shape index (κ3) is 16.4. The van der Waals surface area contributed by atoms with Gasteiger partial charge in [-0.3, -0.25) is 19.7 Å². The molecule has 0 bridgehead atoms. The molecule has 0 radical (unpaired) electrons. The topological polar surface area (TPSA) is 128 Å². The van der Waals surface area contributed by atoms with Gasteiger partial charge in [0, 0.05) is 37.1 Å². The summed E-state index contributed by atoms with van der Waals surface area (Å²) in [4.78, 5) is 36.6. The molecule has 0 amide bonds. The molecule has 46 heavy (non-hydrogen) atoms. The number of rotatable bonds is 28. The van der Waals surface area contributed by atoms with Gasteiger partial charge in [-0.15, -0.1) is 5.10 Å².